The number of hydrogen-bond acceptors (Lipinski definition) is 3. The molecule has 0 saturated carbocycles. The maximum atomic E-state index is 13.0. The second kappa shape index (κ2) is 8.86. The molecule has 1 amide bonds. The summed E-state index contributed by atoms with van der Waals surface area (Å²) in [6.07, 6.45) is 1.57. The predicted molar refractivity (Wildman–Crippen MR) is 111 cm³/mol. The van der Waals surface area contributed by atoms with Crippen molar-refractivity contribution >= 4 is 21.8 Å². The van der Waals surface area contributed by atoms with Crippen LogP contribution in [0.2, 0.25) is 0 Å². The molecule has 1 aliphatic heterocycles. The molecule has 2 aromatic carbocycles. The first-order chi connectivity index (χ1) is 13.4. The highest BCUT2D eigenvalue weighted by Crippen LogP contribution is 2.21. The van der Waals surface area contributed by atoms with E-state index in [-0.39, 0.29) is 12.5 Å². The zero-order valence-electron chi connectivity index (χ0n) is 16.4. The van der Waals surface area contributed by atoms with E-state index in [2.05, 4.69) is 5.32 Å². The van der Waals surface area contributed by atoms with Crippen molar-refractivity contribution in [1.82, 2.24) is 8.61 Å². The monoisotopic (exact) mass is 401 g/mol. The van der Waals surface area contributed by atoms with Crippen LogP contribution in [0.3, 0.4) is 0 Å². The van der Waals surface area contributed by atoms with Crippen LogP contribution in [0.25, 0.3) is 0 Å². The number of aryl methyl sites for hydroxylation is 2. The molecule has 1 heterocycles. The molecular weight excluding hydrogens is 374 g/mol. The maximum Gasteiger partial charge on any atom is 0.282 e. The van der Waals surface area contributed by atoms with Crippen molar-refractivity contribution < 1.29 is 13.2 Å². The highest BCUT2D eigenvalue weighted by atomic mass is 32.2. The summed E-state index contributed by atoms with van der Waals surface area (Å²) in [4.78, 5) is 12.5. The van der Waals surface area contributed by atoms with Crippen LogP contribution in [0.15, 0.2) is 48.5 Å². The van der Waals surface area contributed by atoms with Gasteiger partial charge >= 0.3 is 0 Å². The molecule has 150 valence electrons. The van der Waals surface area contributed by atoms with E-state index in [1.807, 2.05) is 62.4 Å². The van der Waals surface area contributed by atoms with Crippen molar-refractivity contribution in [3.8, 4) is 0 Å². The van der Waals surface area contributed by atoms with E-state index in [1.54, 1.807) is 0 Å². The number of anilines is 1. The Morgan fingerprint density at radius 1 is 1.07 bits per heavy atom. The minimum atomic E-state index is -3.67. The average Bonchev–Trinajstić information content (AvgIpc) is 2.67. The van der Waals surface area contributed by atoms with Crippen molar-refractivity contribution in [3.63, 3.8) is 0 Å². The van der Waals surface area contributed by atoms with Crippen LogP contribution in [0.1, 0.15) is 30.0 Å². The Bertz CT molecular complexity index is 943. The maximum absolute atomic E-state index is 13.0. The van der Waals surface area contributed by atoms with Crippen LogP contribution < -0.4 is 5.32 Å². The zero-order chi connectivity index (χ0) is 20.1. The van der Waals surface area contributed by atoms with E-state index < -0.39 is 10.2 Å². The Hall–Kier alpha value is -2.22. The highest BCUT2D eigenvalue weighted by Gasteiger charge is 2.34. The minimum Gasteiger partial charge on any atom is -0.325 e. The van der Waals surface area contributed by atoms with Gasteiger partial charge in [-0.25, -0.2) is 0 Å². The van der Waals surface area contributed by atoms with Crippen molar-refractivity contribution in [3.05, 3.63) is 65.2 Å². The lowest BCUT2D eigenvalue weighted by molar-refractivity contribution is -0.116. The van der Waals surface area contributed by atoms with Gasteiger partial charge in [-0.2, -0.15) is 17.0 Å². The summed E-state index contributed by atoms with van der Waals surface area (Å²) in [7, 11) is -3.67. The number of benzene rings is 2. The molecule has 0 unspecified atom stereocenters. The van der Waals surface area contributed by atoms with Gasteiger partial charge in [0.1, 0.15) is 0 Å². The molecule has 6 nitrogen and oxygen atoms in total. The van der Waals surface area contributed by atoms with Crippen molar-refractivity contribution in [2.75, 3.05) is 25.0 Å². The number of carbonyl (C=O) groups excluding carboxylic acids is 1. The van der Waals surface area contributed by atoms with Crippen LogP contribution in [-0.4, -0.2) is 42.6 Å². The van der Waals surface area contributed by atoms with Crippen LogP contribution in [-0.2, 0) is 28.0 Å². The van der Waals surface area contributed by atoms with Gasteiger partial charge < -0.3 is 5.32 Å². The van der Waals surface area contributed by atoms with Gasteiger partial charge in [-0.1, -0.05) is 43.3 Å². The molecule has 0 spiro atoms. The fourth-order valence-electron chi connectivity index (χ4n) is 3.35. The van der Waals surface area contributed by atoms with E-state index in [4.69, 9.17) is 0 Å². The van der Waals surface area contributed by atoms with Gasteiger partial charge in [0.25, 0.3) is 10.2 Å². The van der Waals surface area contributed by atoms with Crippen LogP contribution in [0.4, 0.5) is 5.69 Å². The Kier molecular flexibility index (Phi) is 6.49. The summed E-state index contributed by atoms with van der Waals surface area (Å²) in [5.74, 6) is -0.324. The summed E-state index contributed by atoms with van der Waals surface area (Å²) in [5.41, 5.74) is 3.85. The number of rotatable bonds is 6. The SMILES string of the molecule is CCc1cccc(NC(=O)CN2CCCN(Cc3ccccc3C)S2(=O)=O)c1. The molecule has 0 atom stereocenters. The molecule has 0 radical (unpaired) electrons. The van der Waals surface area contributed by atoms with Gasteiger partial charge in [-0.15, -0.1) is 0 Å². The quantitative estimate of drug-likeness (QED) is 0.809. The second-order valence-electron chi connectivity index (χ2n) is 7.06. The number of amides is 1. The third-order valence-corrected chi connectivity index (χ3v) is 6.94. The van der Waals surface area contributed by atoms with Gasteiger partial charge in [0, 0.05) is 25.3 Å². The Morgan fingerprint density at radius 3 is 2.57 bits per heavy atom. The summed E-state index contributed by atoms with van der Waals surface area (Å²) in [5, 5.41) is 2.81. The van der Waals surface area contributed by atoms with Crippen LogP contribution in [0, 0.1) is 6.92 Å². The molecule has 1 aliphatic rings. The van der Waals surface area contributed by atoms with Crippen LogP contribution in [0.5, 0.6) is 0 Å². The molecule has 1 fully saturated rings. The average molecular weight is 402 g/mol. The van der Waals surface area contributed by atoms with Crippen molar-refractivity contribution in [1.29, 1.82) is 0 Å². The van der Waals surface area contributed by atoms with E-state index >= 15 is 0 Å². The molecule has 1 N–H and O–H groups in total. The molecule has 7 heteroatoms. The predicted octanol–water partition coefficient (Wildman–Crippen LogP) is 2.95. The Morgan fingerprint density at radius 2 is 1.82 bits per heavy atom. The van der Waals surface area contributed by atoms with Gasteiger partial charge in [-0.3, -0.25) is 4.79 Å². The second-order valence-corrected chi connectivity index (χ2v) is 8.99. The van der Waals surface area contributed by atoms with Gasteiger partial charge in [0.2, 0.25) is 5.91 Å². The van der Waals surface area contributed by atoms with E-state index in [0.29, 0.717) is 31.7 Å². The number of nitrogens with zero attached hydrogens (tertiary/aromatic N) is 2. The molecular formula is C21H27N3O3S. The largest absolute Gasteiger partial charge is 0.325 e. The highest BCUT2D eigenvalue weighted by molar-refractivity contribution is 7.86. The van der Waals surface area contributed by atoms with E-state index in [0.717, 1.165) is 23.1 Å². The van der Waals surface area contributed by atoms with E-state index in [9.17, 15) is 13.2 Å². The lowest BCUT2D eigenvalue weighted by atomic mass is 10.1. The fourth-order valence-corrected chi connectivity index (χ4v) is 4.97. The minimum absolute atomic E-state index is 0.178. The topological polar surface area (TPSA) is 69.7 Å². The third-order valence-electron chi connectivity index (χ3n) is 5.01. The third kappa shape index (κ3) is 4.79. The fraction of sp³-hybridized carbons (Fsp3) is 0.381. The summed E-state index contributed by atoms with van der Waals surface area (Å²) in [6, 6.07) is 15.4. The Labute approximate surface area is 167 Å². The van der Waals surface area contributed by atoms with Crippen molar-refractivity contribution in [2.45, 2.75) is 33.2 Å². The summed E-state index contributed by atoms with van der Waals surface area (Å²) >= 11 is 0. The normalized spacial score (nSPS) is 17.4. The molecule has 0 aromatic heterocycles. The molecule has 28 heavy (non-hydrogen) atoms. The molecule has 1 saturated heterocycles. The molecule has 0 bridgehead atoms. The standard InChI is InChI=1S/C21H27N3O3S/c1-3-18-9-6-11-20(14-18)22-21(25)16-24-13-7-12-23(28(24,26)27)15-19-10-5-4-8-17(19)2/h4-6,8-11,14H,3,7,12-13,15-16H2,1-2H3,(H,22,25). The van der Waals surface area contributed by atoms with Gasteiger partial charge in [0.15, 0.2) is 0 Å². The van der Waals surface area contributed by atoms with Crippen LogP contribution >= 0.6 is 0 Å². The summed E-state index contributed by atoms with van der Waals surface area (Å²) in [6.45, 7) is 4.99. The smallest absolute Gasteiger partial charge is 0.282 e. The zero-order valence-corrected chi connectivity index (χ0v) is 17.2. The first-order valence-corrected chi connectivity index (χ1v) is 11.0. The lowest BCUT2D eigenvalue weighted by Crippen LogP contribution is -2.51. The first-order valence-electron chi connectivity index (χ1n) is 9.58. The first kappa shape index (κ1) is 20.5. The molecule has 2 aromatic rings. The van der Waals surface area contributed by atoms with Gasteiger partial charge in [-0.05, 0) is 48.6 Å². The van der Waals surface area contributed by atoms with Gasteiger partial charge in [0.05, 0.1) is 6.54 Å². The van der Waals surface area contributed by atoms with E-state index in [1.165, 1.54) is 8.61 Å². The van der Waals surface area contributed by atoms with Crippen molar-refractivity contribution in [2.24, 2.45) is 0 Å². The summed E-state index contributed by atoms with van der Waals surface area (Å²) < 4.78 is 28.7. The Balaban J connectivity index is 1.68. The lowest BCUT2D eigenvalue weighted by Gasteiger charge is -2.34. The number of hydrogen-bond donors (Lipinski definition) is 1. The number of carbonyl (C=O) groups is 1. The molecule has 3 rings (SSSR count). The molecule has 0 aliphatic carbocycles. The number of nitrogens with one attached hydrogen (secondary N) is 1.